The van der Waals surface area contributed by atoms with Crippen molar-refractivity contribution in [1.82, 2.24) is 5.32 Å². The van der Waals surface area contributed by atoms with Crippen LogP contribution in [0.25, 0.3) is 0 Å². The Balaban J connectivity index is 1.90. The van der Waals surface area contributed by atoms with E-state index in [1.165, 1.54) is 0 Å². The highest BCUT2D eigenvalue weighted by Gasteiger charge is 2.06. The molecule has 0 aliphatic heterocycles. The number of amides is 2. The maximum Gasteiger partial charge on any atom is 0.257 e. The van der Waals surface area contributed by atoms with Gasteiger partial charge in [-0.25, -0.2) is 0 Å². The summed E-state index contributed by atoms with van der Waals surface area (Å²) in [5, 5.41) is 5.47. The van der Waals surface area contributed by atoms with Crippen LogP contribution in [0, 0.1) is 3.57 Å². The number of carbonyl (C=O) groups excluding carboxylic acids is 2. The van der Waals surface area contributed by atoms with Crippen LogP contribution < -0.4 is 15.4 Å². The van der Waals surface area contributed by atoms with Gasteiger partial charge in [0, 0.05) is 21.4 Å². The molecule has 5 nitrogen and oxygen atoms in total. The molecule has 0 radical (unpaired) electrons. The largest absolute Gasteiger partial charge is 0.484 e. The topological polar surface area (TPSA) is 67.4 Å². The van der Waals surface area contributed by atoms with Gasteiger partial charge in [-0.1, -0.05) is 0 Å². The molecule has 2 aromatic carbocycles. The van der Waals surface area contributed by atoms with E-state index in [4.69, 9.17) is 4.74 Å². The molecule has 0 saturated carbocycles. The van der Waals surface area contributed by atoms with Crippen molar-refractivity contribution < 1.29 is 14.3 Å². The summed E-state index contributed by atoms with van der Waals surface area (Å²) in [4.78, 5) is 23.4. The summed E-state index contributed by atoms with van der Waals surface area (Å²) in [7, 11) is 0. The number of rotatable bonds is 6. The predicted molar refractivity (Wildman–Crippen MR) is 97.7 cm³/mol. The predicted octanol–water partition coefficient (Wildman–Crippen LogP) is 3.06. The van der Waals surface area contributed by atoms with Crippen molar-refractivity contribution in [3.05, 3.63) is 57.7 Å². The maximum absolute atomic E-state index is 12.1. The zero-order valence-corrected chi connectivity index (χ0v) is 14.8. The summed E-state index contributed by atoms with van der Waals surface area (Å²) < 4.78 is 6.43. The van der Waals surface area contributed by atoms with E-state index in [9.17, 15) is 9.59 Å². The van der Waals surface area contributed by atoms with E-state index < -0.39 is 0 Å². The molecule has 0 unspecified atom stereocenters. The Kier molecular flexibility index (Phi) is 6.40. The van der Waals surface area contributed by atoms with E-state index in [0.29, 0.717) is 23.5 Å². The fourth-order valence-electron chi connectivity index (χ4n) is 1.84. The van der Waals surface area contributed by atoms with Crippen molar-refractivity contribution in [2.24, 2.45) is 0 Å². The number of likely N-dealkylation sites (N-methyl/N-ethyl adjacent to an activating group) is 1. The number of anilines is 1. The van der Waals surface area contributed by atoms with Crippen LogP contribution in [0.5, 0.6) is 5.75 Å². The first-order valence-electron chi connectivity index (χ1n) is 7.15. The molecule has 0 saturated heterocycles. The average molecular weight is 424 g/mol. The smallest absolute Gasteiger partial charge is 0.257 e. The van der Waals surface area contributed by atoms with E-state index in [1.807, 2.05) is 19.1 Å². The third-order valence-electron chi connectivity index (χ3n) is 2.96. The highest BCUT2D eigenvalue weighted by molar-refractivity contribution is 14.1. The lowest BCUT2D eigenvalue weighted by Gasteiger charge is -2.08. The Morgan fingerprint density at radius 1 is 1.04 bits per heavy atom. The summed E-state index contributed by atoms with van der Waals surface area (Å²) >= 11 is 2.19. The van der Waals surface area contributed by atoms with Gasteiger partial charge in [-0.3, -0.25) is 9.59 Å². The molecule has 2 amide bonds. The fraction of sp³-hybridized carbons (Fsp3) is 0.176. The first kappa shape index (κ1) is 17.3. The van der Waals surface area contributed by atoms with Gasteiger partial charge >= 0.3 is 0 Å². The quantitative estimate of drug-likeness (QED) is 0.701. The molecule has 2 aromatic rings. The van der Waals surface area contributed by atoms with Crippen molar-refractivity contribution in [3.8, 4) is 5.75 Å². The van der Waals surface area contributed by atoms with E-state index in [1.54, 1.807) is 36.4 Å². The lowest BCUT2D eigenvalue weighted by Crippen LogP contribution is -2.28. The van der Waals surface area contributed by atoms with Crippen molar-refractivity contribution in [3.63, 3.8) is 0 Å². The molecule has 0 heterocycles. The Labute approximate surface area is 148 Å². The van der Waals surface area contributed by atoms with Crippen LogP contribution in [0.3, 0.4) is 0 Å². The number of hydrogen-bond donors (Lipinski definition) is 2. The average Bonchev–Trinajstić information content (AvgIpc) is 2.55. The van der Waals surface area contributed by atoms with E-state index in [0.717, 1.165) is 3.57 Å². The van der Waals surface area contributed by atoms with Gasteiger partial charge in [-0.2, -0.15) is 0 Å². The van der Waals surface area contributed by atoms with E-state index in [-0.39, 0.29) is 18.4 Å². The lowest BCUT2D eigenvalue weighted by molar-refractivity contribution is -0.122. The zero-order chi connectivity index (χ0) is 16.7. The highest BCUT2D eigenvalue weighted by atomic mass is 127. The van der Waals surface area contributed by atoms with E-state index in [2.05, 4.69) is 33.2 Å². The molecular formula is C17H17IN2O3. The van der Waals surface area contributed by atoms with Gasteiger partial charge in [-0.15, -0.1) is 0 Å². The molecule has 0 aliphatic rings. The Morgan fingerprint density at radius 3 is 2.30 bits per heavy atom. The molecule has 0 fully saturated rings. The summed E-state index contributed by atoms with van der Waals surface area (Å²) in [6.45, 7) is 2.40. The molecule has 0 atom stereocenters. The van der Waals surface area contributed by atoms with Gasteiger partial charge in [0.15, 0.2) is 6.61 Å². The Hall–Kier alpha value is -2.09. The van der Waals surface area contributed by atoms with Crippen molar-refractivity contribution >= 4 is 40.1 Å². The SMILES string of the molecule is CCNC(=O)COc1ccc(NC(=O)c2ccc(I)cc2)cc1. The van der Waals surface area contributed by atoms with E-state index >= 15 is 0 Å². The van der Waals surface area contributed by atoms with Crippen LogP contribution in [0.1, 0.15) is 17.3 Å². The minimum absolute atomic E-state index is 0.0256. The van der Waals surface area contributed by atoms with Crippen LogP contribution in [0.4, 0.5) is 5.69 Å². The van der Waals surface area contributed by atoms with Crippen molar-refractivity contribution in [1.29, 1.82) is 0 Å². The molecule has 2 rings (SSSR count). The number of nitrogens with one attached hydrogen (secondary N) is 2. The number of ether oxygens (including phenoxy) is 1. The summed E-state index contributed by atoms with van der Waals surface area (Å²) in [6.07, 6.45) is 0. The molecule has 0 aliphatic carbocycles. The Morgan fingerprint density at radius 2 is 1.70 bits per heavy atom. The summed E-state index contributed by atoms with van der Waals surface area (Å²) in [5.74, 6) is 0.240. The van der Waals surface area contributed by atoms with Gasteiger partial charge in [0.2, 0.25) is 0 Å². The van der Waals surface area contributed by atoms with Crippen LogP contribution in [-0.4, -0.2) is 25.0 Å². The van der Waals surface area contributed by atoms with Gasteiger partial charge in [0.1, 0.15) is 5.75 Å². The van der Waals surface area contributed by atoms with Gasteiger partial charge in [0.05, 0.1) is 0 Å². The minimum atomic E-state index is -0.169. The molecule has 120 valence electrons. The molecule has 0 aromatic heterocycles. The van der Waals surface area contributed by atoms with Gasteiger partial charge < -0.3 is 15.4 Å². The second-order valence-corrected chi connectivity index (χ2v) is 5.97. The molecule has 23 heavy (non-hydrogen) atoms. The van der Waals surface area contributed by atoms with Crippen LogP contribution >= 0.6 is 22.6 Å². The van der Waals surface area contributed by atoms with Gasteiger partial charge in [0.25, 0.3) is 11.8 Å². The second-order valence-electron chi connectivity index (χ2n) is 4.73. The molecule has 2 N–H and O–H groups in total. The third-order valence-corrected chi connectivity index (χ3v) is 3.68. The number of carbonyl (C=O) groups is 2. The summed E-state index contributed by atoms with van der Waals surface area (Å²) in [5.41, 5.74) is 1.26. The first-order chi connectivity index (χ1) is 11.1. The minimum Gasteiger partial charge on any atom is -0.484 e. The van der Waals surface area contributed by atoms with Crippen LogP contribution in [0.2, 0.25) is 0 Å². The monoisotopic (exact) mass is 424 g/mol. The zero-order valence-electron chi connectivity index (χ0n) is 12.6. The molecule has 0 spiro atoms. The van der Waals surface area contributed by atoms with Crippen LogP contribution in [-0.2, 0) is 4.79 Å². The molecular weight excluding hydrogens is 407 g/mol. The second kappa shape index (κ2) is 8.52. The fourth-order valence-corrected chi connectivity index (χ4v) is 2.20. The third kappa shape index (κ3) is 5.55. The van der Waals surface area contributed by atoms with Crippen molar-refractivity contribution in [2.75, 3.05) is 18.5 Å². The maximum atomic E-state index is 12.1. The first-order valence-corrected chi connectivity index (χ1v) is 8.23. The number of halogens is 1. The standard InChI is InChI=1S/C17H17IN2O3/c1-2-19-16(21)11-23-15-9-7-14(8-10-15)20-17(22)12-3-5-13(18)6-4-12/h3-10H,2,11H2,1H3,(H,19,21)(H,20,22). The van der Waals surface area contributed by atoms with Gasteiger partial charge in [-0.05, 0) is 78.0 Å². The van der Waals surface area contributed by atoms with Crippen LogP contribution in [0.15, 0.2) is 48.5 Å². The lowest BCUT2D eigenvalue weighted by atomic mass is 10.2. The highest BCUT2D eigenvalue weighted by Crippen LogP contribution is 2.17. The molecule has 6 heteroatoms. The van der Waals surface area contributed by atoms with Crippen molar-refractivity contribution in [2.45, 2.75) is 6.92 Å². The normalized spacial score (nSPS) is 10.0. The summed E-state index contributed by atoms with van der Waals surface area (Å²) in [6, 6.07) is 14.2. The Bertz CT molecular complexity index is 669. The number of benzene rings is 2. The molecule has 0 bridgehead atoms. The number of hydrogen-bond acceptors (Lipinski definition) is 3.